The van der Waals surface area contributed by atoms with Crippen molar-refractivity contribution in [1.82, 2.24) is 9.88 Å². The molecular weight excluding hydrogens is 463 g/mol. The number of halogens is 1. The molecule has 4 rings (SSSR count). The number of aromatic nitrogens is 1. The minimum atomic E-state index is -1.07. The maximum Gasteiger partial charge on any atom is 0.352 e. The number of carbonyl (C=O) groups is 1. The van der Waals surface area contributed by atoms with Crippen molar-refractivity contribution in [2.75, 3.05) is 27.9 Å². The standard InChI is InChI=1S/C28H29FN2O5/c1-34-20-9-10-21-22(16-30-13-12-18-8-11-25(35-2)26(14-18)36-3)27(28(32)33)31(24(21)15-20)17-19-6-4-5-7-23(19)29/h4-11,14-15,30H,12-13,16-17H2,1-3H3,(H,32,33). The van der Waals surface area contributed by atoms with E-state index in [4.69, 9.17) is 14.2 Å². The van der Waals surface area contributed by atoms with Crippen LogP contribution in [0.5, 0.6) is 17.2 Å². The summed E-state index contributed by atoms with van der Waals surface area (Å²) in [6.45, 7) is 1.04. The SMILES string of the molecule is COc1ccc2c(CNCCc3ccc(OC)c(OC)c3)c(C(=O)O)n(Cc3ccccc3F)c2c1. The Labute approximate surface area is 209 Å². The lowest BCUT2D eigenvalue weighted by molar-refractivity contribution is 0.0684. The molecule has 4 aromatic rings. The van der Waals surface area contributed by atoms with Crippen molar-refractivity contribution in [1.29, 1.82) is 0 Å². The van der Waals surface area contributed by atoms with E-state index in [9.17, 15) is 14.3 Å². The molecule has 2 N–H and O–H groups in total. The molecule has 0 unspecified atom stereocenters. The second-order valence-electron chi connectivity index (χ2n) is 8.31. The molecule has 1 heterocycles. The molecule has 0 aliphatic carbocycles. The summed E-state index contributed by atoms with van der Waals surface area (Å²) >= 11 is 0. The third-order valence-electron chi connectivity index (χ3n) is 6.21. The number of aromatic carboxylic acids is 1. The van der Waals surface area contributed by atoms with Crippen molar-refractivity contribution in [3.8, 4) is 17.2 Å². The van der Waals surface area contributed by atoms with Gasteiger partial charge in [0.05, 0.1) is 33.4 Å². The van der Waals surface area contributed by atoms with Gasteiger partial charge in [0.15, 0.2) is 11.5 Å². The molecule has 0 saturated heterocycles. The van der Waals surface area contributed by atoms with Crippen LogP contribution < -0.4 is 19.5 Å². The van der Waals surface area contributed by atoms with Gasteiger partial charge < -0.3 is 29.2 Å². The van der Waals surface area contributed by atoms with Gasteiger partial charge in [-0.3, -0.25) is 0 Å². The highest BCUT2D eigenvalue weighted by molar-refractivity contribution is 5.98. The second-order valence-corrected chi connectivity index (χ2v) is 8.31. The molecular formula is C28H29FN2O5. The van der Waals surface area contributed by atoms with Crippen LogP contribution in [0, 0.1) is 5.82 Å². The molecule has 36 heavy (non-hydrogen) atoms. The van der Waals surface area contributed by atoms with Gasteiger partial charge in [-0.1, -0.05) is 24.3 Å². The van der Waals surface area contributed by atoms with Crippen LogP contribution in [-0.2, 0) is 19.5 Å². The Morgan fingerprint density at radius 3 is 2.44 bits per heavy atom. The van der Waals surface area contributed by atoms with Crippen LogP contribution in [0.2, 0.25) is 0 Å². The summed E-state index contributed by atoms with van der Waals surface area (Å²) in [6.07, 6.45) is 0.713. The van der Waals surface area contributed by atoms with Crippen LogP contribution in [0.25, 0.3) is 10.9 Å². The zero-order valence-electron chi connectivity index (χ0n) is 20.5. The van der Waals surface area contributed by atoms with Crippen LogP contribution in [-0.4, -0.2) is 43.5 Å². The smallest absolute Gasteiger partial charge is 0.352 e. The topological polar surface area (TPSA) is 81.9 Å². The lowest BCUT2D eigenvalue weighted by atomic mass is 10.1. The number of nitrogens with zero attached hydrogens (tertiary/aromatic N) is 1. The molecule has 0 saturated carbocycles. The van der Waals surface area contributed by atoms with Crippen LogP contribution in [0.15, 0.2) is 60.7 Å². The van der Waals surface area contributed by atoms with E-state index in [0.717, 1.165) is 10.9 Å². The number of hydrogen-bond donors (Lipinski definition) is 2. The molecule has 0 atom stereocenters. The summed E-state index contributed by atoms with van der Waals surface area (Å²) < 4.78 is 32.1. The number of carboxylic acids is 1. The van der Waals surface area contributed by atoms with Crippen molar-refractivity contribution in [3.05, 3.63) is 88.9 Å². The highest BCUT2D eigenvalue weighted by atomic mass is 19.1. The van der Waals surface area contributed by atoms with Gasteiger partial charge in [0.25, 0.3) is 0 Å². The number of methoxy groups -OCH3 is 3. The minimum Gasteiger partial charge on any atom is -0.497 e. The molecule has 0 fully saturated rings. The van der Waals surface area contributed by atoms with Gasteiger partial charge in [0.1, 0.15) is 17.3 Å². The summed E-state index contributed by atoms with van der Waals surface area (Å²) in [6, 6.07) is 17.6. The number of benzene rings is 3. The minimum absolute atomic E-state index is 0.0869. The highest BCUT2D eigenvalue weighted by Gasteiger charge is 2.23. The predicted octanol–water partition coefficient (Wildman–Crippen LogP) is 4.89. The third-order valence-corrected chi connectivity index (χ3v) is 6.21. The molecule has 0 aliphatic heterocycles. The van der Waals surface area contributed by atoms with Crippen molar-refractivity contribution >= 4 is 16.9 Å². The summed E-state index contributed by atoms with van der Waals surface area (Å²) in [4.78, 5) is 12.4. The zero-order valence-corrected chi connectivity index (χ0v) is 20.5. The second kappa shape index (κ2) is 11.1. The molecule has 0 bridgehead atoms. The number of rotatable bonds is 11. The van der Waals surface area contributed by atoms with Crippen LogP contribution >= 0.6 is 0 Å². The van der Waals surface area contributed by atoms with Crippen LogP contribution in [0.1, 0.15) is 27.2 Å². The summed E-state index contributed by atoms with van der Waals surface area (Å²) in [5, 5.41) is 14.3. The fourth-order valence-electron chi connectivity index (χ4n) is 4.39. The van der Waals surface area contributed by atoms with E-state index in [2.05, 4.69) is 5.32 Å². The van der Waals surface area contributed by atoms with E-state index < -0.39 is 5.97 Å². The molecule has 0 aliphatic rings. The van der Waals surface area contributed by atoms with E-state index in [1.807, 2.05) is 24.3 Å². The molecule has 7 nitrogen and oxygen atoms in total. The van der Waals surface area contributed by atoms with Gasteiger partial charge in [0.2, 0.25) is 0 Å². The summed E-state index contributed by atoms with van der Waals surface area (Å²) in [5.41, 5.74) is 2.91. The Hall–Kier alpha value is -4.04. The van der Waals surface area contributed by atoms with Crippen molar-refractivity contribution < 1.29 is 28.5 Å². The van der Waals surface area contributed by atoms with Crippen molar-refractivity contribution in [2.24, 2.45) is 0 Å². The summed E-state index contributed by atoms with van der Waals surface area (Å²) in [7, 11) is 4.75. The first-order valence-electron chi connectivity index (χ1n) is 11.5. The van der Waals surface area contributed by atoms with E-state index in [1.165, 1.54) is 6.07 Å². The van der Waals surface area contributed by atoms with Gasteiger partial charge in [-0.2, -0.15) is 0 Å². The van der Waals surface area contributed by atoms with E-state index in [1.54, 1.807) is 56.2 Å². The van der Waals surface area contributed by atoms with E-state index >= 15 is 0 Å². The quantitative estimate of drug-likeness (QED) is 0.290. The number of hydrogen-bond acceptors (Lipinski definition) is 5. The lowest BCUT2D eigenvalue weighted by Gasteiger charge is -2.11. The summed E-state index contributed by atoms with van der Waals surface area (Å²) in [5.74, 6) is 0.470. The first-order valence-corrected chi connectivity index (χ1v) is 11.5. The van der Waals surface area contributed by atoms with Crippen molar-refractivity contribution in [2.45, 2.75) is 19.5 Å². The Morgan fingerprint density at radius 2 is 1.75 bits per heavy atom. The number of nitrogens with one attached hydrogen (secondary N) is 1. The zero-order chi connectivity index (χ0) is 25.7. The normalized spacial score (nSPS) is 11.0. The average Bonchev–Trinajstić information content (AvgIpc) is 3.20. The van der Waals surface area contributed by atoms with E-state index in [0.29, 0.717) is 53.4 Å². The van der Waals surface area contributed by atoms with E-state index in [-0.39, 0.29) is 18.1 Å². The fraction of sp³-hybridized carbons (Fsp3) is 0.250. The molecule has 0 radical (unpaired) electrons. The average molecular weight is 493 g/mol. The molecule has 3 aromatic carbocycles. The van der Waals surface area contributed by atoms with Gasteiger partial charge in [0, 0.05) is 29.1 Å². The highest BCUT2D eigenvalue weighted by Crippen LogP contribution is 2.31. The molecule has 0 spiro atoms. The third kappa shape index (κ3) is 5.13. The molecule has 8 heteroatoms. The number of ether oxygens (including phenoxy) is 3. The first kappa shape index (κ1) is 25.1. The molecule has 1 aromatic heterocycles. The van der Waals surface area contributed by atoms with Gasteiger partial charge in [-0.25, -0.2) is 9.18 Å². The lowest BCUT2D eigenvalue weighted by Crippen LogP contribution is -2.19. The van der Waals surface area contributed by atoms with Gasteiger partial charge in [-0.05, 0) is 48.9 Å². The number of fused-ring (bicyclic) bond motifs is 1. The Bertz CT molecular complexity index is 1380. The Kier molecular flexibility index (Phi) is 7.75. The van der Waals surface area contributed by atoms with Gasteiger partial charge in [-0.15, -0.1) is 0 Å². The Morgan fingerprint density at radius 1 is 0.972 bits per heavy atom. The number of carboxylic acid groups (broad SMARTS) is 1. The van der Waals surface area contributed by atoms with Crippen LogP contribution in [0.4, 0.5) is 4.39 Å². The fourth-order valence-corrected chi connectivity index (χ4v) is 4.39. The predicted molar refractivity (Wildman–Crippen MR) is 136 cm³/mol. The van der Waals surface area contributed by atoms with Crippen molar-refractivity contribution in [3.63, 3.8) is 0 Å². The molecule has 0 amide bonds. The molecule has 188 valence electrons. The maximum atomic E-state index is 14.5. The monoisotopic (exact) mass is 492 g/mol. The van der Waals surface area contributed by atoms with Gasteiger partial charge >= 0.3 is 5.97 Å². The maximum absolute atomic E-state index is 14.5. The Balaban J connectivity index is 1.62. The first-order chi connectivity index (χ1) is 17.5. The largest absolute Gasteiger partial charge is 0.497 e. The van der Waals surface area contributed by atoms with Crippen LogP contribution in [0.3, 0.4) is 0 Å².